The van der Waals surface area contributed by atoms with E-state index in [0.29, 0.717) is 0 Å². The number of hydrogen-bond donors (Lipinski definition) is 1. The molecule has 0 aliphatic carbocycles. The lowest BCUT2D eigenvalue weighted by Gasteiger charge is -2.29. The van der Waals surface area contributed by atoms with Crippen LogP contribution in [0.25, 0.3) is 10.8 Å². The molecule has 1 N–H and O–H groups in total. The molecule has 1 saturated heterocycles. The van der Waals surface area contributed by atoms with Crippen LogP contribution in [0.4, 0.5) is 5.95 Å². The van der Waals surface area contributed by atoms with E-state index in [1.807, 2.05) is 5.38 Å². The third kappa shape index (κ3) is 1.19. The number of nitrogens with one attached hydrogen (secondary N) is 1. The summed E-state index contributed by atoms with van der Waals surface area (Å²) in [7, 11) is 0. The summed E-state index contributed by atoms with van der Waals surface area (Å²) in [5.74, 6) is 1.56. The minimum absolute atomic E-state index is 0.766. The molecule has 0 unspecified atom stereocenters. The molecule has 1 fully saturated rings. The Bertz CT molecular complexity index is 417. The normalized spacial score (nSPS) is 15.6. The van der Waals surface area contributed by atoms with Gasteiger partial charge >= 0.3 is 0 Å². The Labute approximate surface area is 84.8 Å². The van der Waals surface area contributed by atoms with Gasteiger partial charge in [0.15, 0.2) is 10.8 Å². The van der Waals surface area contributed by atoms with Crippen molar-refractivity contribution in [3.8, 4) is 10.8 Å². The fraction of sp³-hybridized carbons (Fsp3) is 0.375. The van der Waals surface area contributed by atoms with Crippen LogP contribution < -0.4 is 4.90 Å². The smallest absolute Gasteiger partial charge is 0.245 e. The molecule has 6 heteroatoms. The lowest BCUT2D eigenvalue weighted by molar-refractivity contribution is 0.601. The van der Waals surface area contributed by atoms with Crippen molar-refractivity contribution in [1.82, 2.24) is 20.2 Å². The Hall–Kier alpha value is -1.43. The lowest BCUT2D eigenvalue weighted by atomic mass is 10.2. The molecule has 3 rings (SSSR count). The van der Waals surface area contributed by atoms with Crippen LogP contribution in [-0.2, 0) is 0 Å². The van der Waals surface area contributed by atoms with Gasteiger partial charge < -0.3 is 4.90 Å². The number of aromatic nitrogens is 4. The minimum Gasteiger partial charge on any atom is -0.339 e. The largest absolute Gasteiger partial charge is 0.339 e. The summed E-state index contributed by atoms with van der Waals surface area (Å²) in [6.45, 7) is 2.13. The third-order valence-corrected chi connectivity index (χ3v) is 3.03. The Morgan fingerprint density at radius 2 is 2.36 bits per heavy atom. The van der Waals surface area contributed by atoms with Crippen molar-refractivity contribution in [3.63, 3.8) is 0 Å². The Morgan fingerprint density at radius 1 is 1.43 bits per heavy atom. The van der Waals surface area contributed by atoms with Crippen molar-refractivity contribution in [1.29, 1.82) is 0 Å². The number of thiazole rings is 1. The Kier molecular flexibility index (Phi) is 1.73. The van der Waals surface area contributed by atoms with Gasteiger partial charge in [0.1, 0.15) is 0 Å². The predicted molar refractivity (Wildman–Crippen MR) is 54.3 cm³/mol. The highest BCUT2D eigenvalue weighted by atomic mass is 32.1. The van der Waals surface area contributed by atoms with Gasteiger partial charge in [0.25, 0.3) is 0 Å². The first-order chi connectivity index (χ1) is 6.93. The van der Waals surface area contributed by atoms with Crippen LogP contribution in [0.15, 0.2) is 11.6 Å². The second kappa shape index (κ2) is 3.06. The zero-order valence-corrected chi connectivity index (χ0v) is 8.29. The molecular formula is C8H9N5S. The minimum atomic E-state index is 0.766. The molecule has 0 bridgehead atoms. The van der Waals surface area contributed by atoms with E-state index < -0.39 is 0 Å². The number of rotatable bonds is 2. The summed E-state index contributed by atoms with van der Waals surface area (Å²) < 4.78 is 0. The van der Waals surface area contributed by atoms with Crippen molar-refractivity contribution >= 4 is 17.3 Å². The fourth-order valence-electron chi connectivity index (χ4n) is 1.35. The van der Waals surface area contributed by atoms with Gasteiger partial charge in [-0.15, -0.1) is 16.4 Å². The van der Waals surface area contributed by atoms with Gasteiger partial charge in [-0.25, -0.2) is 4.98 Å². The van der Waals surface area contributed by atoms with Gasteiger partial charge in [0, 0.05) is 24.7 Å². The first-order valence-electron chi connectivity index (χ1n) is 4.51. The maximum absolute atomic E-state index is 4.38. The monoisotopic (exact) mass is 207 g/mol. The summed E-state index contributed by atoms with van der Waals surface area (Å²) in [5.41, 5.74) is 0. The summed E-state index contributed by atoms with van der Waals surface area (Å²) in [6, 6.07) is 0. The molecule has 0 atom stereocenters. The van der Waals surface area contributed by atoms with Crippen LogP contribution >= 0.6 is 11.3 Å². The molecule has 0 spiro atoms. The molecule has 0 radical (unpaired) electrons. The van der Waals surface area contributed by atoms with E-state index in [-0.39, 0.29) is 0 Å². The van der Waals surface area contributed by atoms with Crippen LogP contribution in [0.1, 0.15) is 6.42 Å². The standard InChI is InChI=1S/C8H9N5S/c1-3-13(4-1)8-10-6(11-12-8)7-9-2-5-14-7/h2,5H,1,3-4H2,(H,10,11,12). The van der Waals surface area contributed by atoms with E-state index in [1.54, 1.807) is 17.5 Å². The maximum atomic E-state index is 4.38. The van der Waals surface area contributed by atoms with E-state index in [4.69, 9.17) is 0 Å². The van der Waals surface area contributed by atoms with E-state index in [2.05, 4.69) is 25.1 Å². The van der Waals surface area contributed by atoms with Gasteiger partial charge in [0.2, 0.25) is 5.95 Å². The Morgan fingerprint density at radius 3 is 3.00 bits per heavy atom. The van der Waals surface area contributed by atoms with Crippen molar-refractivity contribution < 1.29 is 0 Å². The number of anilines is 1. The summed E-state index contributed by atoms with van der Waals surface area (Å²) in [6.07, 6.45) is 3.01. The second-order valence-electron chi connectivity index (χ2n) is 3.16. The average molecular weight is 207 g/mol. The van der Waals surface area contributed by atoms with Crippen LogP contribution in [-0.4, -0.2) is 33.3 Å². The van der Waals surface area contributed by atoms with Crippen LogP contribution in [0.5, 0.6) is 0 Å². The van der Waals surface area contributed by atoms with E-state index >= 15 is 0 Å². The molecule has 5 nitrogen and oxygen atoms in total. The molecular weight excluding hydrogens is 198 g/mol. The molecule has 2 aromatic heterocycles. The zero-order chi connectivity index (χ0) is 9.38. The molecule has 0 saturated carbocycles. The van der Waals surface area contributed by atoms with Crippen molar-refractivity contribution in [2.45, 2.75) is 6.42 Å². The van der Waals surface area contributed by atoms with E-state index in [9.17, 15) is 0 Å². The van der Waals surface area contributed by atoms with Crippen molar-refractivity contribution in [2.24, 2.45) is 0 Å². The zero-order valence-electron chi connectivity index (χ0n) is 7.47. The van der Waals surface area contributed by atoms with Gasteiger partial charge in [-0.05, 0) is 6.42 Å². The number of H-pyrrole nitrogens is 1. The SMILES string of the molecule is c1csc(-c2nc(N3CCC3)n[nH]2)n1. The van der Waals surface area contributed by atoms with Crippen molar-refractivity contribution in [3.05, 3.63) is 11.6 Å². The van der Waals surface area contributed by atoms with Gasteiger partial charge in [0.05, 0.1) is 0 Å². The number of aromatic amines is 1. The average Bonchev–Trinajstić information content (AvgIpc) is 2.65. The first-order valence-corrected chi connectivity index (χ1v) is 5.39. The van der Waals surface area contributed by atoms with Gasteiger partial charge in [-0.2, -0.15) is 4.98 Å². The van der Waals surface area contributed by atoms with Crippen LogP contribution in [0.3, 0.4) is 0 Å². The van der Waals surface area contributed by atoms with E-state index in [1.165, 1.54) is 6.42 Å². The topological polar surface area (TPSA) is 57.7 Å². The molecule has 14 heavy (non-hydrogen) atoms. The maximum Gasteiger partial charge on any atom is 0.245 e. The van der Waals surface area contributed by atoms with Crippen molar-refractivity contribution in [2.75, 3.05) is 18.0 Å². The van der Waals surface area contributed by atoms with Gasteiger partial charge in [-0.1, -0.05) is 0 Å². The lowest BCUT2D eigenvalue weighted by Crippen LogP contribution is -2.37. The summed E-state index contributed by atoms with van der Waals surface area (Å²) >= 11 is 1.56. The highest BCUT2D eigenvalue weighted by molar-refractivity contribution is 7.12. The van der Waals surface area contributed by atoms with E-state index in [0.717, 1.165) is 29.9 Å². The van der Waals surface area contributed by atoms with Gasteiger partial charge in [-0.3, -0.25) is 5.10 Å². The third-order valence-electron chi connectivity index (χ3n) is 2.25. The second-order valence-corrected chi connectivity index (χ2v) is 4.06. The quantitative estimate of drug-likeness (QED) is 0.802. The Balaban J connectivity index is 1.90. The molecule has 0 amide bonds. The molecule has 0 aromatic carbocycles. The summed E-state index contributed by atoms with van der Waals surface area (Å²) in [4.78, 5) is 10.7. The molecule has 3 heterocycles. The molecule has 2 aromatic rings. The summed E-state index contributed by atoms with van der Waals surface area (Å²) in [5, 5.41) is 9.88. The first kappa shape index (κ1) is 7.93. The molecule has 1 aliphatic heterocycles. The number of hydrogen-bond acceptors (Lipinski definition) is 5. The highest BCUT2D eigenvalue weighted by Gasteiger charge is 2.19. The number of nitrogens with zero attached hydrogens (tertiary/aromatic N) is 4. The fourth-order valence-corrected chi connectivity index (χ4v) is 1.92. The van der Waals surface area contributed by atoms with Crippen LogP contribution in [0.2, 0.25) is 0 Å². The highest BCUT2D eigenvalue weighted by Crippen LogP contribution is 2.21. The predicted octanol–water partition coefficient (Wildman–Crippen LogP) is 1.14. The molecule has 72 valence electrons. The van der Waals surface area contributed by atoms with Crippen LogP contribution in [0, 0.1) is 0 Å². The molecule has 1 aliphatic rings.